The van der Waals surface area contributed by atoms with E-state index < -0.39 is 5.92 Å². The molecule has 3 heteroatoms. The van der Waals surface area contributed by atoms with Gasteiger partial charge in [0.1, 0.15) is 0 Å². The van der Waals surface area contributed by atoms with Gasteiger partial charge in [-0.15, -0.1) is 0 Å². The number of benzene rings is 2. The first kappa shape index (κ1) is 16.9. The highest BCUT2D eigenvalue weighted by atomic mass is 16.5. The average Bonchev–Trinajstić information content (AvgIpc) is 2.59. The zero-order chi connectivity index (χ0) is 16.7. The van der Waals surface area contributed by atoms with Crippen molar-refractivity contribution in [3.05, 3.63) is 71.3 Å². The smallest absolute Gasteiger partial charge is 0.309 e. The standard InChI is InChI=1S/C20H22O3/c1-15-8-11-17(12-9-15)19(21)14-18(20(22)23-2)13-10-16-6-4-3-5-7-16/h3-9,11-12,18H,10,13-14H2,1-2H3. The predicted molar refractivity (Wildman–Crippen MR) is 90.4 cm³/mol. The molecule has 0 aliphatic heterocycles. The molecule has 0 heterocycles. The molecule has 23 heavy (non-hydrogen) atoms. The first-order valence-electron chi connectivity index (χ1n) is 7.81. The lowest BCUT2D eigenvalue weighted by Gasteiger charge is -2.14. The van der Waals surface area contributed by atoms with Gasteiger partial charge in [-0.2, -0.15) is 0 Å². The van der Waals surface area contributed by atoms with E-state index in [9.17, 15) is 9.59 Å². The number of ketones is 1. The maximum absolute atomic E-state index is 12.4. The zero-order valence-corrected chi connectivity index (χ0v) is 13.6. The third-order valence-corrected chi connectivity index (χ3v) is 3.96. The molecule has 0 aliphatic rings. The number of carbonyl (C=O) groups is 2. The molecule has 0 aliphatic carbocycles. The molecule has 0 bridgehead atoms. The Hall–Kier alpha value is -2.42. The lowest BCUT2D eigenvalue weighted by molar-refractivity contribution is -0.145. The molecule has 1 unspecified atom stereocenters. The third-order valence-electron chi connectivity index (χ3n) is 3.96. The van der Waals surface area contributed by atoms with E-state index in [2.05, 4.69) is 0 Å². The normalized spacial score (nSPS) is 11.7. The molecule has 0 radical (unpaired) electrons. The van der Waals surface area contributed by atoms with Crippen LogP contribution in [0, 0.1) is 12.8 Å². The van der Waals surface area contributed by atoms with Crippen LogP contribution in [0.3, 0.4) is 0 Å². The Kier molecular flexibility index (Phi) is 6.10. The van der Waals surface area contributed by atoms with Crippen LogP contribution in [0.5, 0.6) is 0 Å². The lowest BCUT2D eigenvalue weighted by atomic mass is 9.92. The van der Waals surface area contributed by atoms with Crippen molar-refractivity contribution in [3.8, 4) is 0 Å². The average molecular weight is 310 g/mol. The number of hydrogen-bond acceptors (Lipinski definition) is 3. The van der Waals surface area contributed by atoms with E-state index in [-0.39, 0.29) is 18.2 Å². The fraction of sp³-hybridized carbons (Fsp3) is 0.300. The summed E-state index contributed by atoms with van der Waals surface area (Å²) < 4.78 is 4.87. The highest BCUT2D eigenvalue weighted by Gasteiger charge is 2.23. The fourth-order valence-corrected chi connectivity index (χ4v) is 2.54. The monoisotopic (exact) mass is 310 g/mol. The second-order valence-corrected chi connectivity index (χ2v) is 5.74. The van der Waals surface area contributed by atoms with Crippen molar-refractivity contribution in [2.75, 3.05) is 7.11 Å². The minimum absolute atomic E-state index is 0.0199. The topological polar surface area (TPSA) is 43.4 Å². The quantitative estimate of drug-likeness (QED) is 0.573. The number of methoxy groups -OCH3 is 1. The molecule has 0 aromatic heterocycles. The van der Waals surface area contributed by atoms with Gasteiger partial charge in [-0.3, -0.25) is 9.59 Å². The Morgan fingerprint density at radius 1 is 1.00 bits per heavy atom. The Morgan fingerprint density at radius 2 is 1.65 bits per heavy atom. The Labute approximate surface area is 137 Å². The zero-order valence-electron chi connectivity index (χ0n) is 13.6. The Morgan fingerprint density at radius 3 is 2.26 bits per heavy atom. The lowest BCUT2D eigenvalue weighted by Crippen LogP contribution is -2.20. The van der Waals surface area contributed by atoms with Crippen molar-refractivity contribution in [2.45, 2.75) is 26.2 Å². The molecule has 1 atom stereocenters. The Bertz CT molecular complexity index is 644. The predicted octanol–water partition coefficient (Wildman–Crippen LogP) is 3.99. The molecular weight excluding hydrogens is 288 g/mol. The van der Waals surface area contributed by atoms with Crippen LogP contribution in [0.4, 0.5) is 0 Å². The van der Waals surface area contributed by atoms with Gasteiger partial charge >= 0.3 is 5.97 Å². The highest BCUT2D eigenvalue weighted by molar-refractivity contribution is 5.98. The van der Waals surface area contributed by atoms with Crippen LogP contribution in [0.1, 0.15) is 34.3 Å². The van der Waals surface area contributed by atoms with Gasteiger partial charge in [0, 0.05) is 12.0 Å². The summed E-state index contributed by atoms with van der Waals surface area (Å²) in [5.41, 5.74) is 2.91. The Balaban J connectivity index is 2.02. The van der Waals surface area contributed by atoms with Crippen molar-refractivity contribution in [2.24, 2.45) is 5.92 Å². The van der Waals surface area contributed by atoms with Crippen LogP contribution in [0.2, 0.25) is 0 Å². The summed E-state index contributed by atoms with van der Waals surface area (Å²) in [6.45, 7) is 1.98. The molecule has 2 aromatic rings. The number of carbonyl (C=O) groups excluding carboxylic acids is 2. The van der Waals surface area contributed by atoms with Crippen LogP contribution in [0.15, 0.2) is 54.6 Å². The van der Waals surface area contributed by atoms with Gasteiger partial charge in [-0.05, 0) is 25.3 Å². The van der Waals surface area contributed by atoms with Crippen LogP contribution >= 0.6 is 0 Å². The highest BCUT2D eigenvalue weighted by Crippen LogP contribution is 2.18. The first-order chi connectivity index (χ1) is 11.1. The number of rotatable bonds is 7. The van der Waals surface area contributed by atoms with E-state index in [1.165, 1.54) is 7.11 Å². The van der Waals surface area contributed by atoms with Gasteiger partial charge in [0.2, 0.25) is 0 Å². The maximum atomic E-state index is 12.4. The summed E-state index contributed by atoms with van der Waals surface area (Å²) in [5, 5.41) is 0. The van der Waals surface area contributed by atoms with Gasteiger partial charge in [-0.1, -0.05) is 60.2 Å². The number of aryl methyl sites for hydroxylation is 2. The van der Waals surface area contributed by atoms with Crippen molar-refractivity contribution in [1.82, 2.24) is 0 Å². The molecule has 0 spiro atoms. The van der Waals surface area contributed by atoms with Crippen LogP contribution in [0.25, 0.3) is 0 Å². The van der Waals surface area contributed by atoms with Crippen LogP contribution < -0.4 is 0 Å². The summed E-state index contributed by atoms with van der Waals surface area (Å²) in [7, 11) is 1.37. The molecule has 3 nitrogen and oxygen atoms in total. The maximum Gasteiger partial charge on any atom is 0.309 e. The van der Waals surface area contributed by atoms with Gasteiger partial charge in [0.15, 0.2) is 5.78 Å². The summed E-state index contributed by atoms with van der Waals surface area (Å²) in [4.78, 5) is 24.4. The summed E-state index contributed by atoms with van der Waals surface area (Å²) in [6, 6.07) is 17.4. The van der Waals surface area contributed by atoms with Crippen molar-refractivity contribution in [3.63, 3.8) is 0 Å². The van der Waals surface area contributed by atoms with Crippen LogP contribution in [-0.2, 0) is 16.0 Å². The van der Waals surface area contributed by atoms with E-state index in [0.717, 1.165) is 17.5 Å². The first-order valence-corrected chi connectivity index (χ1v) is 7.81. The number of esters is 1. The van der Waals surface area contributed by atoms with E-state index >= 15 is 0 Å². The molecule has 0 amide bonds. The van der Waals surface area contributed by atoms with Crippen LogP contribution in [-0.4, -0.2) is 18.9 Å². The largest absolute Gasteiger partial charge is 0.469 e. The van der Waals surface area contributed by atoms with E-state index in [1.54, 1.807) is 0 Å². The molecule has 0 saturated heterocycles. The minimum Gasteiger partial charge on any atom is -0.469 e. The molecule has 2 rings (SSSR count). The molecule has 120 valence electrons. The summed E-state index contributed by atoms with van der Waals surface area (Å²) >= 11 is 0. The van der Waals surface area contributed by atoms with E-state index in [4.69, 9.17) is 4.74 Å². The molecule has 0 saturated carbocycles. The number of Topliss-reactive ketones (excluding diaryl/α,β-unsaturated/α-hetero) is 1. The summed E-state index contributed by atoms with van der Waals surface area (Å²) in [6.07, 6.45) is 1.54. The molecule has 0 N–H and O–H groups in total. The molecule has 0 fully saturated rings. The van der Waals surface area contributed by atoms with Crippen molar-refractivity contribution < 1.29 is 14.3 Å². The molecule has 2 aromatic carbocycles. The second-order valence-electron chi connectivity index (χ2n) is 5.74. The van der Waals surface area contributed by atoms with E-state index in [0.29, 0.717) is 12.0 Å². The fourth-order valence-electron chi connectivity index (χ4n) is 2.54. The molecular formula is C20H22O3. The third kappa shape index (κ3) is 5.06. The van der Waals surface area contributed by atoms with Gasteiger partial charge < -0.3 is 4.74 Å². The van der Waals surface area contributed by atoms with Crippen molar-refractivity contribution >= 4 is 11.8 Å². The number of ether oxygens (including phenoxy) is 1. The van der Waals surface area contributed by atoms with E-state index in [1.807, 2.05) is 61.5 Å². The van der Waals surface area contributed by atoms with Gasteiger partial charge in [0.25, 0.3) is 0 Å². The van der Waals surface area contributed by atoms with Gasteiger partial charge in [0.05, 0.1) is 13.0 Å². The van der Waals surface area contributed by atoms with Gasteiger partial charge in [-0.25, -0.2) is 0 Å². The number of hydrogen-bond donors (Lipinski definition) is 0. The minimum atomic E-state index is -0.408. The second kappa shape index (κ2) is 8.28. The summed E-state index contributed by atoms with van der Waals surface area (Å²) in [5.74, 6) is -0.746. The van der Waals surface area contributed by atoms with Crippen molar-refractivity contribution in [1.29, 1.82) is 0 Å². The SMILES string of the molecule is COC(=O)C(CCc1ccccc1)CC(=O)c1ccc(C)cc1.